The van der Waals surface area contributed by atoms with Gasteiger partial charge in [0.2, 0.25) is 5.91 Å². The number of nitrogens with zero attached hydrogens (tertiary/aromatic N) is 1. The standard InChI is InChI=1S/C20H22N2O2S2/c1-14-3-8-18(15(2)13-14)26-17-6-4-16(5-7-17)21-19(23)9-10-22-11-12-25-20(22)24/h3-8,13H,9-12H2,1-2H3,(H,21,23). The third kappa shape index (κ3) is 5.05. The Labute approximate surface area is 162 Å². The Morgan fingerprint density at radius 1 is 1.19 bits per heavy atom. The van der Waals surface area contributed by atoms with E-state index in [0.717, 1.165) is 22.9 Å². The van der Waals surface area contributed by atoms with Crippen LogP contribution in [-0.4, -0.2) is 34.9 Å². The van der Waals surface area contributed by atoms with Crippen LogP contribution < -0.4 is 5.32 Å². The number of benzene rings is 2. The molecule has 0 atom stereocenters. The molecular weight excluding hydrogens is 364 g/mol. The number of rotatable bonds is 6. The summed E-state index contributed by atoms with van der Waals surface area (Å²) in [5.74, 6) is 0.754. The lowest BCUT2D eigenvalue weighted by Crippen LogP contribution is -2.27. The molecule has 1 aliphatic heterocycles. The number of nitrogens with one attached hydrogen (secondary N) is 1. The molecule has 3 rings (SSSR count). The van der Waals surface area contributed by atoms with Gasteiger partial charge in [-0.05, 0) is 49.7 Å². The zero-order chi connectivity index (χ0) is 18.5. The fourth-order valence-corrected chi connectivity index (χ4v) is 4.47. The van der Waals surface area contributed by atoms with E-state index in [2.05, 4.69) is 37.4 Å². The Morgan fingerprint density at radius 2 is 1.96 bits per heavy atom. The molecule has 1 N–H and O–H groups in total. The van der Waals surface area contributed by atoms with Crippen LogP contribution in [0.3, 0.4) is 0 Å². The summed E-state index contributed by atoms with van der Waals surface area (Å²) in [6.45, 7) is 5.43. The lowest BCUT2D eigenvalue weighted by atomic mass is 10.2. The molecule has 0 unspecified atom stereocenters. The Kier molecular flexibility index (Phi) is 6.27. The van der Waals surface area contributed by atoms with Gasteiger partial charge in [0.25, 0.3) is 5.24 Å². The minimum Gasteiger partial charge on any atom is -0.332 e. The van der Waals surface area contributed by atoms with E-state index in [4.69, 9.17) is 0 Å². The van der Waals surface area contributed by atoms with Crippen molar-refractivity contribution in [3.05, 3.63) is 53.6 Å². The van der Waals surface area contributed by atoms with Crippen LogP contribution in [0.2, 0.25) is 0 Å². The zero-order valence-corrected chi connectivity index (χ0v) is 16.6. The molecule has 6 heteroatoms. The maximum atomic E-state index is 12.1. The average Bonchev–Trinajstić information content (AvgIpc) is 3.02. The molecule has 0 aromatic heterocycles. The first-order valence-electron chi connectivity index (χ1n) is 8.58. The van der Waals surface area contributed by atoms with Crippen molar-refractivity contribution < 1.29 is 9.59 Å². The van der Waals surface area contributed by atoms with Crippen LogP contribution in [-0.2, 0) is 4.79 Å². The SMILES string of the molecule is Cc1ccc(Sc2ccc(NC(=O)CCN3CCSC3=O)cc2)c(C)c1. The van der Waals surface area contributed by atoms with Crippen molar-refractivity contribution in [1.29, 1.82) is 0 Å². The molecule has 2 aromatic carbocycles. The first kappa shape index (κ1) is 18.9. The van der Waals surface area contributed by atoms with Gasteiger partial charge in [0, 0.05) is 40.7 Å². The molecule has 2 amide bonds. The van der Waals surface area contributed by atoms with Gasteiger partial charge in [0.1, 0.15) is 0 Å². The Balaban J connectivity index is 1.52. The molecule has 1 saturated heterocycles. The van der Waals surface area contributed by atoms with Gasteiger partial charge >= 0.3 is 0 Å². The molecule has 0 bridgehead atoms. The monoisotopic (exact) mass is 386 g/mol. The number of aryl methyl sites for hydroxylation is 2. The van der Waals surface area contributed by atoms with E-state index in [-0.39, 0.29) is 11.1 Å². The maximum Gasteiger partial charge on any atom is 0.281 e. The normalized spacial score (nSPS) is 13.9. The zero-order valence-electron chi connectivity index (χ0n) is 15.0. The van der Waals surface area contributed by atoms with Crippen LogP contribution in [0.1, 0.15) is 17.5 Å². The number of carbonyl (C=O) groups excluding carboxylic acids is 2. The van der Waals surface area contributed by atoms with Crippen LogP contribution in [0.5, 0.6) is 0 Å². The first-order chi connectivity index (χ1) is 12.5. The van der Waals surface area contributed by atoms with Gasteiger partial charge in [0.05, 0.1) is 0 Å². The van der Waals surface area contributed by atoms with Crippen molar-refractivity contribution >= 4 is 40.4 Å². The second-order valence-corrected chi connectivity index (χ2v) is 8.46. The highest BCUT2D eigenvalue weighted by molar-refractivity contribution is 8.13. The van der Waals surface area contributed by atoms with Gasteiger partial charge < -0.3 is 10.2 Å². The largest absolute Gasteiger partial charge is 0.332 e. The second-order valence-electron chi connectivity index (χ2n) is 6.29. The van der Waals surface area contributed by atoms with Crippen molar-refractivity contribution in [3.63, 3.8) is 0 Å². The summed E-state index contributed by atoms with van der Waals surface area (Å²) in [6, 6.07) is 14.3. The van der Waals surface area contributed by atoms with E-state index in [1.807, 2.05) is 24.3 Å². The third-order valence-electron chi connectivity index (χ3n) is 4.15. The Bertz CT molecular complexity index is 806. The molecule has 1 fully saturated rings. The van der Waals surface area contributed by atoms with Crippen molar-refractivity contribution in [3.8, 4) is 0 Å². The molecule has 1 aliphatic rings. The quantitative estimate of drug-likeness (QED) is 0.763. The predicted molar refractivity (Wildman–Crippen MR) is 109 cm³/mol. The number of amides is 2. The molecule has 0 radical (unpaired) electrons. The smallest absolute Gasteiger partial charge is 0.281 e. The molecule has 26 heavy (non-hydrogen) atoms. The van der Waals surface area contributed by atoms with E-state index in [1.54, 1.807) is 16.7 Å². The minimum atomic E-state index is -0.0653. The van der Waals surface area contributed by atoms with Crippen molar-refractivity contribution in [2.75, 3.05) is 24.2 Å². The molecule has 0 saturated carbocycles. The Hall–Kier alpha value is -1.92. The van der Waals surface area contributed by atoms with E-state index < -0.39 is 0 Å². The lowest BCUT2D eigenvalue weighted by molar-refractivity contribution is -0.116. The van der Waals surface area contributed by atoms with Crippen LogP contribution in [0.25, 0.3) is 0 Å². The van der Waals surface area contributed by atoms with Crippen LogP contribution in [0.15, 0.2) is 52.3 Å². The number of anilines is 1. The van der Waals surface area contributed by atoms with Gasteiger partial charge in [-0.1, -0.05) is 41.2 Å². The topological polar surface area (TPSA) is 49.4 Å². The van der Waals surface area contributed by atoms with Crippen molar-refractivity contribution in [2.45, 2.75) is 30.1 Å². The number of hydrogen-bond acceptors (Lipinski definition) is 4. The summed E-state index contributed by atoms with van der Waals surface area (Å²) >= 11 is 3.04. The fourth-order valence-electron chi connectivity index (χ4n) is 2.74. The number of hydrogen-bond donors (Lipinski definition) is 1. The summed E-state index contributed by atoms with van der Waals surface area (Å²) in [5, 5.41) is 2.97. The van der Waals surface area contributed by atoms with Crippen molar-refractivity contribution in [2.24, 2.45) is 0 Å². The molecule has 0 aliphatic carbocycles. The van der Waals surface area contributed by atoms with Crippen LogP contribution in [0.4, 0.5) is 10.5 Å². The van der Waals surface area contributed by atoms with E-state index >= 15 is 0 Å². The first-order valence-corrected chi connectivity index (χ1v) is 10.4. The minimum absolute atomic E-state index is 0.0653. The number of carbonyl (C=O) groups is 2. The predicted octanol–water partition coefficient (Wildman–Crippen LogP) is 4.95. The van der Waals surface area contributed by atoms with Gasteiger partial charge in [0.15, 0.2) is 0 Å². The Morgan fingerprint density at radius 3 is 2.62 bits per heavy atom. The summed E-state index contributed by atoms with van der Waals surface area (Å²) < 4.78 is 0. The molecule has 136 valence electrons. The van der Waals surface area contributed by atoms with Gasteiger partial charge in [-0.25, -0.2) is 0 Å². The highest BCUT2D eigenvalue weighted by Gasteiger charge is 2.21. The third-order valence-corrected chi connectivity index (χ3v) is 6.23. The highest BCUT2D eigenvalue weighted by atomic mass is 32.2. The molecule has 2 aromatic rings. The molecular formula is C20H22N2O2S2. The highest BCUT2D eigenvalue weighted by Crippen LogP contribution is 2.31. The molecule has 0 spiro atoms. The van der Waals surface area contributed by atoms with E-state index in [0.29, 0.717) is 13.0 Å². The van der Waals surface area contributed by atoms with Crippen molar-refractivity contribution in [1.82, 2.24) is 4.90 Å². The summed E-state index contributed by atoms with van der Waals surface area (Å²) in [4.78, 5) is 27.7. The average molecular weight is 387 g/mol. The van der Waals surface area contributed by atoms with Gasteiger partial charge in [-0.15, -0.1) is 0 Å². The van der Waals surface area contributed by atoms with Gasteiger partial charge in [-0.2, -0.15) is 0 Å². The van der Waals surface area contributed by atoms with Crippen LogP contribution in [0, 0.1) is 13.8 Å². The summed E-state index contributed by atoms with van der Waals surface area (Å²) in [7, 11) is 0. The maximum absolute atomic E-state index is 12.1. The summed E-state index contributed by atoms with van der Waals surface area (Å²) in [6.07, 6.45) is 0.325. The van der Waals surface area contributed by atoms with E-state index in [9.17, 15) is 9.59 Å². The van der Waals surface area contributed by atoms with Crippen LogP contribution >= 0.6 is 23.5 Å². The molecule has 4 nitrogen and oxygen atoms in total. The van der Waals surface area contributed by atoms with E-state index in [1.165, 1.54) is 27.8 Å². The summed E-state index contributed by atoms with van der Waals surface area (Å²) in [5.41, 5.74) is 3.31. The fraction of sp³-hybridized carbons (Fsp3) is 0.300. The van der Waals surface area contributed by atoms with Gasteiger partial charge in [-0.3, -0.25) is 9.59 Å². The lowest BCUT2D eigenvalue weighted by Gasteiger charge is -2.14. The molecule has 1 heterocycles. The number of thioether (sulfide) groups is 1. The second kappa shape index (κ2) is 8.64.